The van der Waals surface area contributed by atoms with Gasteiger partial charge in [0.25, 0.3) is 5.91 Å². The molecule has 1 amide bonds. The van der Waals surface area contributed by atoms with Gasteiger partial charge in [-0.15, -0.1) is 0 Å². The molecule has 0 radical (unpaired) electrons. The van der Waals surface area contributed by atoms with Crippen molar-refractivity contribution in [1.29, 1.82) is 0 Å². The monoisotopic (exact) mass is 652 g/mol. The van der Waals surface area contributed by atoms with E-state index < -0.39 is 83.9 Å². The lowest BCUT2D eigenvalue weighted by Crippen LogP contribution is -2.35. The fraction of sp³-hybridized carbons (Fsp3) is 0.550. The van der Waals surface area contributed by atoms with E-state index in [4.69, 9.17) is 39.0 Å². The Labute approximate surface area is 239 Å². The average molecular weight is 652 g/mol. The first-order valence-corrected chi connectivity index (χ1v) is 15.5. The second-order valence-electron chi connectivity index (χ2n) is 9.70. The van der Waals surface area contributed by atoms with E-state index in [1.165, 1.54) is 0 Å². The minimum atomic E-state index is -5.17. The quantitative estimate of drug-likeness (QED) is 0.239. The number of phosphoric acid groups is 2. The number of primary amides is 1. The molecular weight excluding hydrogens is 628 g/mol. The van der Waals surface area contributed by atoms with Crippen LogP contribution in [0.15, 0.2) is 18.7 Å². The van der Waals surface area contributed by atoms with Gasteiger partial charge in [0.05, 0.1) is 31.3 Å². The SMILES string of the molecule is NC(=O)c1cc([C@@H]2O[C@@H]3CCOP(=O)(O)O[C@H]4[C@@H](F)[C@H](n5cnc6c(N)ncnc65)O[C@@H]4COP(=O)(O)O[C@@H]2[C@@H]3F)[nH]n1. The Morgan fingerprint density at radius 1 is 1.05 bits per heavy atom. The first kappa shape index (κ1) is 30.1. The van der Waals surface area contributed by atoms with Crippen molar-refractivity contribution in [3.05, 3.63) is 30.1 Å². The summed E-state index contributed by atoms with van der Waals surface area (Å²) in [6, 6.07) is 1.14. The van der Waals surface area contributed by atoms with Crippen molar-refractivity contribution in [3.63, 3.8) is 0 Å². The van der Waals surface area contributed by atoms with Crippen LogP contribution in [0.2, 0.25) is 0 Å². The number of phosphoric ester groups is 2. The van der Waals surface area contributed by atoms with Crippen LogP contribution in [0.1, 0.15) is 34.9 Å². The number of imidazole rings is 1. The smallest absolute Gasteiger partial charge is 0.382 e. The number of hydrogen-bond donors (Lipinski definition) is 5. The van der Waals surface area contributed by atoms with Crippen LogP contribution in [0.5, 0.6) is 0 Å². The zero-order chi connectivity index (χ0) is 30.7. The van der Waals surface area contributed by atoms with Crippen LogP contribution in [0, 0.1) is 0 Å². The highest BCUT2D eigenvalue weighted by Gasteiger charge is 2.54. The summed E-state index contributed by atoms with van der Waals surface area (Å²) in [6.07, 6.45) is -12.1. The molecule has 3 fully saturated rings. The number of aromatic nitrogens is 6. The van der Waals surface area contributed by atoms with Crippen LogP contribution in [0.25, 0.3) is 11.2 Å². The lowest BCUT2D eigenvalue weighted by atomic mass is 10.1. The van der Waals surface area contributed by atoms with Crippen LogP contribution in [0.3, 0.4) is 0 Å². The molecule has 3 aromatic heterocycles. The van der Waals surface area contributed by atoms with E-state index in [9.17, 15) is 23.7 Å². The van der Waals surface area contributed by atoms with Crippen molar-refractivity contribution in [1.82, 2.24) is 29.7 Å². The average Bonchev–Trinajstić information content (AvgIpc) is 3.71. The number of hydrogen-bond acceptors (Lipinski definition) is 14. The molecule has 3 aliphatic rings. The number of nitrogens with two attached hydrogens (primary N) is 2. The fourth-order valence-electron chi connectivity index (χ4n) is 4.97. The van der Waals surface area contributed by atoms with Gasteiger partial charge < -0.3 is 30.7 Å². The van der Waals surface area contributed by atoms with Gasteiger partial charge in [-0.3, -0.25) is 32.6 Å². The van der Waals surface area contributed by atoms with E-state index in [0.29, 0.717) is 0 Å². The number of carbonyl (C=O) groups is 1. The van der Waals surface area contributed by atoms with E-state index in [0.717, 1.165) is 23.3 Å². The zero-order valence-corrected chi connectivity index (χ0v) is 23.4. The molecule has 43 heavy (non-hydrogen) atoms. The van der Waals surface area contributed by atoms with Gasteiger partial charge >= 0.3 is 15.6 Å². The first-order chi connectivity index (χ1) is 20.3. The fourth-order valence-corrected chi connectivity index (χ4v) is 6.86. The van der Waals surface area contributed by atoms with Crippen molar-refractivity contribution >= 4 is 38.5 Å². The lowest BCUT2D eigenvalue weighted by molar-refractivity contribution is -0.0507. The van der Waals surface area contributed by atoms with Gasteiger partial charge in [-0.25, -0.2) is 32.9 Å². The van der Waals surface area contributed by atoms with Crippen LogP contribution in [-0.4, -0.2) is 95.4 Å². The molecular formula is C20H24F2N8O11P2. The van der Waals surface area contributed by atoms with Crippen molar-refractivity contribution in [2.75, 3.05) is 18.9 Å². The highest BCUT2D eigenvalue weighted by atomic mass is 31.2. The van der Waals surface area contributed by atoms with E-state index in [1.807, 2.05) is 0 Å². The number of nitrogen functional groups attached to an aromatic ring is 1. The van der Waals surface area contributed by atoms with Crippen LogP contribution < -0.4 is 11.5 Å². The number of alkyl halides is 2. The predicted octanol–water partition coefficient (Wildman–Crippen LogP) is 0.352. The van der Waals surface area contributed by atoms with Crippen molar-refractivity contribution in [3.8, 4) is 0 Å². The molecule has 234 valence electrons. The van der Waals surface area contributed by atoms with Crippen LogP contribution in [-0.2, 0) is 36.7 Å². The topological polar surface area (TPSA) is 271 Å². The van der Waals surface area contributed by atoms with E-state index in [-0.39, 0.29) is 34.8 Å². The molecule has 7 N–H and O–H groups in total. The number of fused-ring (bicyclic) bond motifs is 4. The second-order valence-corrected chi connectivity index (χ2v) is 12.5. The maximum absolute atomic E-state index is 15.8. The third kappa shape index (κ3) is 5.80. The third-order valence-electron chi connectivity index (χ3n) is 6.94. The molecule has 3 saturated heterocycles. The number of rotatable bonds is 3. The van der Waals surface area contributed by atoms with Gasteiger partial charge in [-0.05, 0) is 6.07 Å². The Kier molecular flexibility index (Phi) is 7.82. The molecule has 2 unspecified atom stereocenters. The van der Waals surface area contributed by atoms with Gasteiger partial charge in [0.1, 0.15) is 42.0 Å². The molecule has 0 saturated carbocycles. The molecule has 6 heterocycles. The molecule has 19 nitrogen and oxygen atoms in total. The minimum Gasteiger partial charge on any atom is -0.382 e. The lowest BCUT2D eigenvalue weighted by Gasteiger charge is -2.25. The van der Waals surface area contributed by atoms with Crippen molar-refractivity contribution < 1.29 is 60.1 Å². The summed E-state index contributed by atoms with van der Waals surface area (Å²) in [5.74, 6) is -0.922. The largest absolute Gasteiger partial charge is 0.472 e. The minimum absolute atomic E-state index is 0.00860. The zero-order valence-electron chi connectivity index (χ0n) is 21.6. The molecule has 2 bridgehead atoms. The predicted molar refractivity (Wildman–Crippen MR) is 134 cm³/mol. The van der Waals surface area contributed by atoms with Crippen LogP contribution >= 0.6 is 15.6 Å². The van der Waals surface area contributed by atoms with Gasteiger partial charge in [-0.1, -0.05) is 0 Å². The number of ether oxygens (including phenoxy) is 2. The summed E-state index contributed by atoms with van der Waals surface area (Å²) in [7, 11) is -10.2. The molecule has 0 spiro atoms. The number of nitrogens with zero attached hydrogens (tertiary/aromatic N) is 5. The highest BCUT2D eigenvalue weighted by molar-refractivity contribution is 7.47. The number of halogens is 2. The number of amides is 1. The third-order valence-corrected chi connectivity index (χ3v) is 8.95. The summed E-state index contributed by atoms with van der Waals surface area (Å²) >= 11 is 0. The normalized spacial score (nSPS) is 39.0. The van der Waals surface area contributed by atoms with Gasteiger partial charge in [-0.2, -0.15) is 5.10 Å². The number of H-pyrrole nitrogens is 1. The number of anilines is 1. The molecule has 10 atom stereocenters. The maximum Gasteiger partial charge on any atom is 0.472 e. The Morgan fingerprint density at radius 3 is 2.53 bits per heavy atom. The Balaban J connectivity index is 1.29. The van der Waals surface area contributed by atoms with E-state index in [1.54, 1.807) is 0 Å². The van der Waals surface area contributed by atoms with Crippen molar-refractivity contribution in [2.24, 2.45) is 5.73 Å². The van der Waals surface area contributed by atoms with Crippen LogP contribution in [0.4, 0.5) is 14.6 Å². The molecule has 0 aliphatic carbocycles. The Morgan fingerprint density at radius 2 is 1.79 bits per heavy atom. The molecule has 6 rings (SSSR count). The summed E-state index contributed by atoms with van der Waals surface area (Å²) in [5.41, 5.74) is 10.9. The summed E-state index contributed by atoms with van der Waals surface area (Å²) in [5, 5.41) is 6.12. The molecule has 3 aliphatic heterocycles. The summed E-state index contributed by atoms with van der Waals surface area (Å²) < 4.78 is 89.7. The molecule has 23 heteroatoms. The number of carbonyl (C=O) groups excluding carboxylic acids is 1. The van der Waals surface area contributed by atoms with E-state index in [2.05, 4.69) is 25.1 Å². The molecule has 3 aromatic rings. The Bertz CT molecular complexity index is 1630. The van der Waals surface area contributed by atoms with Gasteiger partial charge in [0.2, 0.25) is 0 Å². The first-order valence-electron chi connectivity index (χ1n) is 12.5. The standard InChI is InChI=1S/C20H24F2N8O11P2/c21-11-9-1-2-36-42(32,33)40-15-10(39-20(12(15)22)30-6-27-13-17(23)25-5-26-19(13)30)4-37-43(34,35)41-16(11)14(38-9)7-3-8(18(24)31)29-28-7/h3,5-6,9-12,14-16,20H,1-2,4H2,(H2,24,31)(H,28,29)(H,32,33)(H,34,35)(H2,23,25,26)/t9-,10-,11-,12-,14+,15-,16-,20-/m1/s1. The Hall–Kier alpha value is -2.97. The van der Waals surface area contributed by atoms with Crippen molar-refractivity contribution in [2.45, 2.75) is 55.5 Å². The highest BCUT2D eigenvalue weighted by Crippen LogP contribution is 2.54. The van der Waals surface area contributed by atoms with Gasteiger partial charge in [0, 0.05) is 6.42 Å². The van der Waals surface area contributed by atoms with E-state index >= 15 is 8.78 Å². The number of aromatic amines is 1. The van der Waals surface area contributed by atoms with Gasteiger partial charge in [0.15, 0.2) is 30.0 Å². The second kappa shape index (κ2) is 11.2. The summed E-state index contributed by atoms with van der Waals surface area (Å²) in [6.45, 7) is -1.56. The summed E-state index contributed by atoms with van der Waals surface area (Å²) in [4.78, 5) is 44.2. The molecule has 0 aromatic carbocycles. The number of nitrogens with one attached hydrogen (secondary N) is 1. The maximum atomic E-state index is 15.8.